The fourth-order valence-corrected chi connectivity index (χ4v) is 15.4. The number of nitrogen functional groups attached to an aromatic ring is 1. The van der Waals surface area contributed by atoms with Crippen molar-refractivity contribution < 1.29 is 16.0 Å². The Labute approximate surface area is 158 Å². The maximum atomic E-state index is 12.3. The van der Waals surface area contributed by atoms with E-state index in [0.717, 1.165) is 34.6 Å². The van der Waals surface area contributed by atoms with Crippen LogP contribution in [0.3, 0.4) is 0 Å². The summed E-state index contributed by atoms with van der Waals surface area (Å²) in [6.45, 7) is 4.16. The quantitative estimate of drug-likeness (QED) is 0.551. The van der Waals surface area contributed by atoms with E-state index in [2.05, 4.69) is 18.8 Å². The topological polar surface area (TPSA) is 109 Å². The molecule has 3 rings (SSSR count). The zero-order valence-corrected chi connectivity index (χ0v) is 18.3. The molecule has 26 heavy (non-hydrogen) atoms. The number of hydrogen-bond donors (Lipinski definition) is 2. The fourth-order valence-electron chi connectivity index (χ4n) is 3.74. The van der Waals surface area contributed by atoms with Crippen molar-refractivity contribution in [1.29, 1.82) is 0 Å². The molecule has 2 aliphatic heterocycles. The number of unbranched alkanes of at least 4 members (excludes halogenated alkanes) is 2. The van der Waals surface area contributed by atoms with Crippen molar-refractivity contribution in [1.82, 2.24) is 9.55 Å². The first-order valence-corrected chi connectivity index (χ1v) is 15.9. The number of ether oxygens (including phenoxy) is 1. The Morgan fingerprint density at radius 2 is 1.88 bits per heavy atom. The second-order valence-corrected chi connectivity index (χ2v) is 16.5. The van der Waals surface area contributed by atoms with Gasteiger partial charge in [0.05, 0.1) is 0 Å². The minimum atomic E-state index is -3.26. The van der Waals surface area contributed by atoms with Gasteiger partial charge < -0.3 is 0 Å². The van der Waals surface area contributed by atoms with E-state index in [1.54, 1.807) is 12.3 Å². The molecule has 1 aromatic heterocycles. The Balaban J connectivity index is 1.88. The van der Waals surface area contributed by atoms with E-state index in [9.17, 15) is 9.90 Å². The van der Waals surface area contributed by atoms with Gasteiger partial charge in [-0.25, -0.2) is 0 Å². The van der Waals surface area contributed by atoms with E-state index in [0.29, 0.717) is 0 Å². The molecule has 4 unspecified atom stereocenters. The second-order valence-electron chi connectivity index (χ2n) is 7.07. The van der Waals surface area contributed by atoms with Gasteiger partial charge in [0.15, 0.2) is 0 Å². The predicted octanol–water partition coefficient (Wildman–Crippen LogP) is 1.54. The number of fused-ring (bicyclic) bond motifs is 1. The number of nitrogens with two attached hydrogens (primary N) is 1. The molecule has 1 aromatic rings. The van der Waals surface area contributed by atoms with Crippen LogP contribution in [-0.4, -0.2) is 58.8 Å². The molecule has 2 fully saturated rings. The number of nitrogens with zero attached hydrogens (tertiary/aromatic N) is 2. The average molecular weight is 474 g/mol. The standard InChI is InChI=1S/C9H11N3O5.2C4H9.Sn/c10-5-1-2-12(9(16)11-5)8-7(15)6(14)4(3-13)17-8;2*1-3-4-2;/h1-2,4,6-8,13H,3H2,(H2,10,11,16);2*1,3-4H2,2H3;/q-2;;;+2. The molecule has 2 saturated heterocycles. The van der Waals surface area contributed by atoms with E-state index in [-0.39, 0.29) is 24.6 Å². The molecule has 0 bridgehead atoms. The summed E-state index contributed by atoms with van der Waals surface area (Å²) in [4.78, 5) is 16.0. The van der Waals surface area contributed by atoms with Gasteiger partial charge in [-0.15, -0.1) is 0 Å². The molecule has 0 amide bonds. The molecule has 8 nitrogen and oxygen atoms in total. The van der Waals surface area contributed by atoms with Gasteiger partial charge in [-0.2, -0.15) is 0 Å². The molecule has 0 spiro atoms. The van der Waals surface area contributed by atoms with Gasteiger partial charge in [0.25, 0.3) is 0 Å². The van der Waals surface area contributed by atoms with Crippen LogP contribution in [0.4, 0.5) is 5.82 Å². The van der Waals surface area contributed by atoms with Crippen LogP contribution in [0.5, 0.6) is 0 Å². The SMILES string of the molecule is CCC[CH2][Sn]1([CH2]CCC)[O]C2C(CO)OC(n3ccc(N)nc3=O)C2[O]1. The fraction of sp³-hybridized carbons (Fsp3) is 0.765. The normalized spacial score (nSPS) is 29.8. The molecule has 0 aromatic carbocycles. The summed E-state index contributed by atoms with van der Waals surface area (Å²) in [6.07, 6.45) is 4.10. The minimum absolute atomic E-state index is 0.165. The van der Waals surface area contributed by atoms with Crippen molar-refractivity contribution in [3.05, 3.63) is 22.7 Å². The van der Waals surface area contributed by atoms with Gasteiger partial charge in [-0.1, -0.05) is 0 Å². The molecular weight excluding hydrogens is 445 g/mol. The zero-order valence-electron chi connectivity index (χ0n) is 15.5. The molecule has 0 aliphatic carbocycles. The first-order valence-electron chi connectivity index (χ1n) is 9.50. The molecule has 2 aliphatic rings. The maximum absolute atomic E-state index is 12.3. The third kappa shape index (κ3) is 3.94. The number of aliphatic hydroxyl groups excluding tert-OH is 1. The third-order valence-corrected chi connectivity index (χ3v) is 15.5. The summed E-state index contributed by atoms with van der Waals surface area (Å²) in [6, 6.07) is 1.56. The molecule has 3 heterocycles. The number of aliphatic hydroxyl groups is 1. The number of aromatic nitrogens is 2. The Hall–Kier alpha value is -0.681. The first kappa shape index (κ1) is 20.1. The van der Waals surface area contributed by atoms with Crippen molar-refractivity contribution in [3.63, 3.8) is 0 Å². The van der Waals surface area contributed by atoms with Crippen LogP contribution in [0.15, 0.2) is 17.1 Å². The third-order valence-electron chi connectivity index (χ3n) is 5.12. The summed E-state index contributed by atoms with van der Waals surface area (Å²) >= 11 is -3.26. The number of rotatable bonds is 8. The molecule has 0 saturated carbocycles. The Bertz CT molecular complexity index is 662. The van der Waals surface area contributed by atoms with Gasteiger partial charge >= 0.3 is 159 Å². The molecule has 9 heteroatoms. The van der Waals surface area contributed by atoms with Crippen molar-refractivity contribution in [3.8, 4) is 0 Å². The second kappa shape index (κ2) is 8.55. The Morgan fingerprint density at radius 3 is 2.46 bits per heavy atom. The summed E-state index contributed by atoms with van der Waals surface area (Å²) < 4.78 is 22.4. The van der Waals surface area contributed by atoms with E-state index in [1.165, 1.54) is 4.57 Å². The van der Waals surface area contributed by atoms with Crippen LogP contribution in [-0.2, 0) is 10.9 Å². The van der Waals surface area contributed by atoms with Crippen LogP contribution in [0.25, 0.3) is 0 Å². The number of hydrogen-bond acceptors (Lipinski definition) is 7. The van der Waals surface area contributed by atoms with Gasteiger partial charge in [0.1, 0.15) is 0 Å². The molecule has 146 valence electrons. The zero-order chi connectivity index (χ0) is 18.7. The van der Waals surface area contributed by atoms with Crippen LogP contribution < -0.4 is 11.4 Å². The average Bonchev–Trinajstić information content (AvgIpc) is 3.14. The van der Waals surface area contributed by atoms with Crippen molar-refractivity contribution in [2.45, 2.75) is 72.9 Å². The van der Waals surface area contributed by atoms with Crippen molar-refractivity contribution >= 4 is 25.0 Å². The van der Waals surface area contributed by atoms with Gasteiger partial charge in [0.2, 0.25) is 0 Å². The Morgan fingerprint density at radius 1 is 1.23 bits per heavy atom. The monoisotopic (exact) mass is 475 g/mol. The van der Waals surface area contributed by atoms with Crippen LogP contribution in [0.2, 0.25) is 8.87 Å². The van der Waals surface area contributed by atoms with Crippen molar-refractivity contribution in [2.24, 2.45) is 0 Å². The molecular formula is C17H29N3O5Sn. The summed E-state index contributed by atoms with van der Waals surface area (Å²) in [5, 5.41) is 9.75. The van der Waals surface area contributed by atoms with Crippen molar-refractivity contribution in [2.75, 3.05) is 12.3 Å². The van der Waals surface area contributed by atoms with Gasteiger partial charge in [-0.05, 0) is 0 Å². The van der Waals surface area contributed by atoms with E-state index in [4.69, 9.17) is 16.6 Å². The summed E-state index contributed by atoms with van der Waals surface area (Å²) in [7, 11) is 0. The Kier molecular flexibility index (Phi) is 6.60. The van der Waals surface area contributed by atoms with E-state index >= 15 is 0 Å². The first-order chi connectivity index (χ1) is 12.5. The number of anilines is 1. The molecule has 4 atom stereocenters. The molecule has 0 radical (unpaired) electrons. The summed E-state index contributed by atoms with van der Waals surface area (Å²) in [5.41, 5.74) is 5.11. The molecule has 3 N–H and O–H groups in total. The van der Waals surface area contributed by atoms with Crippen LogP contribution >= 0.6 is 0 Å². The predicted molar refractivity (Wildman–Crippen MR) is 98.8 cm³/mol. The summed E-state index contributed by atoms with van der Waals surface area (Å²) in [5.74, 6) is 0.169. The van der Waals surface area contributed by atoms with Crippen LogP contribution in [0, 0.1) is 0 Å². The van der Waals surface area contributed by atoms with Gasteiger partial charge in [0, 0.05) is 0 Å². The van der Waals surface area contributed by atoms with E-state index in [1.807, 2.05) is 0 Å². The van der Waals surface area contributed by atoms with Gasteiger partial charge in [-0.3, -0.25) is 0 Å². The van der Waals surface area contributed by atoms with Crippen LogP contribution in [0.1, 0.15) is 45.8 Å². The van der Waals surface area contributed by atoms with E-state index < -0.39 is 37.2 Å².